The smallest absolute Gasteiger partial charge is 0.137 e. The van der Waals surface area contributed by atoms with Crippen LogP contribution in [-0.4, -0.2) is 9.97 Å². The predicted molar refractivity (Wildman–Crippen MR) is 72.8 cm³/mol. The van der Waals surface area contributed by atoms with Gasteiger partial charge in [0.1, 0.15) is 17.9 Å². The third-order valence-electron chi connectivity index (χ3n) is 2.55. The maximum absolute atomic E-state index is 5.26. The van der Waals surface area contributed by atoms with Crippen LogP contribution in [0.15, 0.2) is 53.4 Å². The first-order chi connectivity index (χ1) is 8.43. The Bertz CT molecular complexity index is 620. The van der Waals surface area contributed by atoms with E-state index in [0.717, 1.165) is 22.5 Å². The first kappa shape index (κ1) is 12.4. The maximum Gasteiger partial charge on any atom is 0.137 e. The zero-order valence-corrected chi connectivity index (χ0v) is 10.4. The van der Waals surface area contributed by atoms with Crippen molar-refractivity contribution in [3.63, 3.8) is 0 Å². The second kappa shape index (κ2) is 5.51. The Labute approximate surface area is 110 Å². The SMILES string of the molecule is Cl.c1coc(CNc2ncnc3ccccc23)c1. The highest BCUT2D eigenvalue weighted by Crippen LogP contribution is 2.18. The van der Waals surface area contributed by atoms with E-state index < -0.39 is 0 Å². The summed E-state index contributed by atoms with van der Waals surface area (Å²) in [7, 11) is 0. The Balaban J connectivity index is 0.00000120. The summed E-state index contributed by atoms with van der Waals surface area (Å²) in [5.41, 5.74) is 0.935. The van der Waals surface area contributed by atoms with E-state index in [9.17, 15) is 0 Å². The molecule has 0 spiro atoms. The number of aromatic nitrogens is 2. The molecule has 0 aliphatic heterocycles. The number of hydrogen-bond acceptors (Lipinski definition) is 4. The van der Waals surface area contributed by atoms with E-state index in [1.54, 1.807) is 12.6 Å². The Morgan fingerprint density at radius 2 is 1.94 bits per heavy atom. The fraction of sp³-hybridized carbons (Fsp3) is 0.0769. The molecule has 0 saturated heterocycles. The van der Waals surface area contributed by atoms with Gasteiger partial charge >= 0.3 is 0 Å². The summed E-state index contributed by atoms with van der Waals surface area (Å²) < 4.78 is 5.26. The molecule has 0 bridgehead atoms. The maximum atomic E-state index is 5.26. The Kier molecular flexibility index (Phi) is 3.79. The molecule has 4 nitrogen and oxygen atoms in total. The topological polar surface area (TPSA) is 51.0 Å². The van der Waals surface area contributed by atoms with Crippen LogP contribution in [0, 0.1) is 0 Å². The van der Waals surface area contributed by atoms with Crippen LogP contribution in [0.25, 0.3) is 10.9 Å². The average Bonchev–Trinajstić information content (AvgIpc) is 2.89. The van der Waals surface area contributed by atoms with Crippen LogP contribution in [0.3, 0.4) is 0 Å². The van der Waals surface area contributed by atoms with Crippen LogP contribution in [-0.2, 0) is 6.54 Å². The van der Waals surface area contributed by atoms with E-state index in [1.165, 1.54) is 0 Å². The van der Waals surface area contributed by atoms with Crippen molar-refractivity contribution in [1.29, 1.82) is 0 Å². The minimum absolute atomic E-state index is 0. The molecule has 0 atom stereocenters. The van der Waals surface area contributed by atoms with Gasteiger partial charge in [0, 0.05) is 5.39 Å². The average molecular weight is 262 g/mol. The molecular formula is C13H12ClN3O. The van der Waals surface area contributed by atoms with Crippen molar-refractivity contribution in [2.24, 2.45) is 0 Å². The summed E-state index contributed by atoms with van der Waals surface area (Å²) in [6, 6.07) is 11.7. The zero-order chi connectivity index (χ0) is 11.5. The fourth-order valence-corrected chi connectivity index (χ4v) is 1.73. The molecule has 18 heavy (non-hydrogen) atoms. The molecule has 0 aliphatic carbocycles. The lowest BCUT2D eigenvalue weighted by Gasteiger charge is -2.06. The van der Waals surface area contributed by atoms with E-state index in [-0.39, 0.29) is 12.4 Å². The number of nitrogens with zero attached hydrogens (tertiary/aromatic N) is 2. The van der Waals surface area contributed by atoms with Gasteiger partial charge in [-0.15, -0.1) is 12.4 Å². The molecule has 0 radical (unpaired) electrons. The highest BCUT2D eigenvalue weighted by molar-refractivity contribution is 5.88. The lowest BCUT2D eigenvalue weighted by Crippen LogP contribution is -2.01. The van der Waals surface area contributed by atoms with Crippen molar-refractivity contribution in [3.05, 3.63) is 54.7 Å². The van der Waals surface area contributed by atoms with Gasteiger partial charge in [0.15, 0.2) is 0 Å². The Morgan fingerprint density at radius 3 is 2.78 bits per heavy atom. The summed E-state index contributed by atoms with van der Waals surface area (Å²) in [6.07, 6.45) is 3.22. The molecule has 0 aliphatic rings. The third-order valence-corrected chi connectivity index (χ3v) is 2.55. The summed E-state index contributed by atoms with van der Waals surface area (Å²) in [5.74, 6) is 1.71. The molecule has 0 fully saturated rings. The van der Waals surface area contributed by atoms with E-state index >= 15 is 0 Å². The van der Waals surface area contributed by atoms with Gasteiger partial charge in [-0.05, 0) is 24.3 Å². The van der Waals surface area contributed by atoms with Gasteiger partial charge in [0.05, 0.1) is 18.3 Å². The van der Waals surface area contributed by atoms with Gasteiger partial charge in [0.2, 0.25) is 0 Å². The molecule has 1 N–H and O–H groups in total. The van der Waals surface area contributed by atoms with Gasteiger partial charge in [-0.1, -0.05) is 12.1 Å². The molecule has 2 aromatic heterocycles. The van der Waals surface area contributed by atoms with Crippen molar-refractivity contribution < 1.29 is 4.42 Å². The number of anilines is 1. The summed E-state index contributed by atoms with van der Waals surface area (Å²) in [5, 5.41) is 4.26. The first-order valence-electron chi connectivity index (χ1n) is 5.39. The molecule has 5 heteroatoms. The third kappa shape index (κ3) is 2.43. The molecule has 92 valence electrons. The number of rotatable bonds is 3. The molecule has 0 amide bonds. The summed E-state index contributed by atoms with van der Waals surface area (Å²) in [6.45, 7) is 0.619. The van der Waals surface area contributed by atoms with Crippen LogP contribution in [0.2, 0.25) is 0 Å². The second-order valence-electron chi connectivity index (χ2n) is 3.67. The van der Waals surface area contributed by atoms with E-state index in [0.29, 0.717) is 6.54 Å². The molecule has 1 aromatic carbocycles. The lowest BCUT2D eigenvalue weighted by molar-refractivity contribution is 0.518. The van der Waals surface area contributed by atoms with E-state index in [4.69, 9.17) is 4.42 Å². The van der Waals surface area contributed by atoms with Crippen LogP contribution in [0.1, 0.15) is 5.76 Å². The highest BCUT2D eigenvalue weighted by atomic mass is 35.5. The van der Waals surface area contributed by atoms with Crippen molar-refractivity contribution in [2.75, 3.05) is 5.32 Å². The van der Waals surface area contributed by atoms with Gasteiger partial charge < -0.3 is 9.73 Å². The van der Waals surface area contributed by atoms with Gasteiger partial charge in [-0.3, -0.25) is 0 Å². The largest absolute Gasteiger partial charge is 0.467 e. The summed E-state index contributed by atoms with van der Waals surface area (Å²) >= 11 is 0. The van der Waals surface area contributed by atoms with Crippen LogP contribution >= 0.6 is 12.4 Å². The number of nitrogens with one attached hydrogen (secondary N) is 1. The van der Waals surface area contributed by atoms with Gasteiger partial charge in [0.25, 0.3) is 0 Å². The second-order valence-corrected chi connectivity index (χ2v) is 3.67. The van der Waals surface area contributed by atoms with E-state index in [1.807, 2.05) is 36.4 Å². The van der Waals surface area contributed by atoms with Gasteiger partial charge in [-0.2, -0.15) is 0 Å². The Morgan fingerprint density at radius 1 is 1.06 bits per heavy atom. The van der Waals surface area contributed by atoms with Crippen LogP contribution < -0.4 is 5.32 Å². The van der Waals surface area contributed by atoms with Crippen LogP contribution in [0.4, 0.5) is 5.82 Å². The van der Waals surface area contributed by atoms with Crippen molar-refractivity contribution >= 4 is 29.1 Å². The lowest BCUT2D eigenvalue weighted by atomic mass is 10.2. The van der Waals surface area contributed by atoms with Gasteiger partial charge in [-0.25, -0.2) is 9.97 Å². The molecule has 3 rings (SSSR count). The normalized spacial score (nSPS) is 10.0. The molecule has 2 heterocycles. The first-order valence-corrected chi connectivity index (χ1v) is 5.39. The number of para-hydroxylation sites is 1. The standard InChI is InChI=1S/C13H11N3O.ClH/c1-2-6-12-11(5-1)13(16-9-15-12)14-8-10-4-3-7-17-10;/h1-7,9H,8H2,(H,14,15,16);1H. The van der Waals surface area contributed by atoms with Crippen molar-refractivity contribution in [3.8, 4) is 0 Å². The van der Waals surface area contributed by atoms with Crippen LogP contribution in [0.5, 0.6) is 0 Å². The molecule has 3 aromatic rings. The minimum atomic E-state index is 0. The van der Waals surface area contributed by atoms with E-state index in [2.05, 4.69) is 15.3 Å². The number of hydrogen-bond donors (Lipinski definition) is 1. The molecule has 0 unspecified atom stereocenters. The fourth-order valence-electron chi connectivity index (χ4n) is 1.73. The van der Waals surface area contributed by atoms with Crippen molar-refractivity contribution in [2.45, 2.75) is 6.54 Å². The number of furan rings is 1. The quantitative estimate of drug-likeness (QED) is 0.786. The number of benzene rings is 1. The molecule has 0 saturated carbocycles. The minimum Gasteiger partial charge on any atom is -0.467 e. The monoisotopic (exact) mass is 261 g/mol. The zero-order valence-electron chi connectivity index (χ0n) is 9.54. The highest BCUT2D eigenvalue weighted by Gasteiger charge is 2.02. The molecular weight excluding hydrogens is 250 g/mol. The predicted octanol–water partition coefficient (Wildman–Crippen LogP) is 3.26. The summed E-state index contributed by atoms with van der Waals surface area (Å²) in [4.78, 5) is 8.45. The number of halogens is 1. The van der Waals surface area contributed by atoms with Crippen molar-refractivity contribution in [1.82, 2.24) is 9.97 Å². The number of fused-ring (bicyclic) bond motifs is 1. The Hall–Kier alpha value is -2.07.